The van der Waals surface area contributed by atoms with Gasteiger partial charge in [-0.15, -0.1) is 0 Å². The largest absolute Gasteiger partial charge is 0.342 e. The molecule has 24 heavy (non-hydrogen) atoms. The van der Waals surface area contributed by atoms with Crippen LogP contribution < -0.4 is 0 Å². The number of amides is 1. The fourth-order valence-corrected chi connectivity index (χ4v) is 3.55. The summed E-state index contributed by atoms with van der Waals surface area (Å²) in [5, 5.41) is 4.16. The van der Waals surface area contributed by atoms with Crippen molar-refractivity contribution >= 4 is 5.91 Å². The molecule has 1 aromatic carbocycles. The molecule has 2 aromatic rings. The number of nitrogens with zero attached hydrogens (tertiary/aromatic N) is 3. The highest BCUT2D eigenvalue weighted by atomic mass is 16.2. The van der Waals surface area contributed by atoms with Gasteiger partial charge in [-0.25, -0.2) is 0 Å². The maximum Gasteiger partial charge on any atom is 0.222 e. The zero-order chi connectivity index (χ0) is 16.8. The highest BCUT2D eigenvalue weighted by Crippen LogP contribution is 2.22. The quantitative estimate of drug-likeness (QED) is 0.818. The van der Waals surface area contributed by atoms with E-state index in [9.17, 15) is 4.79 Å². The minimum absolute atomic E-state index is 0.295. The van der Waals surface area contributed by atoms with Gasteiger partial charge in [0.25, 0.3) is 0 Å². The molecule has 1 aliphatic rings. The summed E-state index contributed by atoms with van der Waals surface area (Å²) in [5.74, 6) is 0.935. The van der Waals surface area contributed by atoms with Gasteiger partial charge in [-0.2, -0.15) is 5.10 Å². The van der Waals surface area contributed by atoms with Gasteiger partial charge in [-0.3, -0.25) is 9.48 Å². The Hall–Kier alpha value is -2.10. The SMILES string of the molecule is Cn1cc(CCC(=O)N2CCCC(CCc3ccccc3)C2)cn1. The third-order valence-electron chi connectivity index (χ3n) is 4.94. The number of rotatable bonds is 6. The van der Waals surface area contributed by atoms with E-state index in [0.717, 1.165) is 37.9 Å². The summed E-state index contributed by atoms with van der Waals surface area (Å²) in [6, 6.07) is 10.7. The Morgan fingerprint density at radius 2 is 2.04 bits per heavy atom. The average Bonchev–Trinajstić information content (AvgIpc) is 3.04. The molecule has 128 valence electrons. The maximum absolute atomic E-state index is 12.5. The first kappa shape index (κ1) is 16.7. The normalized spacial score (nSPS) is 17.9. The lowest BCUT2D eigenvalue weighted by Crippen LogP contribution is -2.40. The Balaban J connectivity index is 1.45. The molecule has 3 rings (SSSR count). The molecule has 1 unspecified atom stereocenters. The highest BCUT2D eigenvalue weighted by molar-refractivity contribution is 5.76. The number of benzene rings is 1. The first-order valence-corrected chi connectivity index (χ1v) is 9.00. The highest BCUT2D eigenvalue weighted by Gasteiger charge is 2.23. The Labute approximate surface area is 144 Å². The number of piperidine rings is 1. The van der Waals surface area contributed by atoms with Crippen LogP contribution in [0.3, 0.4) is 0 Å². The molecule has 0 radical (unpaired) electrons. The van der Waals surface area contributed by atoms with Gasteiger partial charge in [-0.05, 0) is 49.1 Å². The molecule has 0 aliphatic carbocycles. The molecule has 0 saturated carbocycles. The van der Waals surface area contributed by atoms with Crippen LogP contribution in [-0.2, 0) is 24.7 Å². The standard InChI is InChI=1S/C20H27N3O/c1-22-15-19(14-21-22)11-12-20(24)23-13-5-8-18(16-23)10-9-17-6-3-2-4-7-17/h2-4,6-7,14-15,18H,5,8-13,16H2,1H3. The molecule has 1 atom stereocenters. The van der Waals surface area contributed by atoms with Crippen LogP contribution in [0, 0.1) is 5.92 Å². The van der Waals surface area contributed by atoms with Gasteiger partial charge in [0.05, 0.1) is 6.20 Å². The van der Waals surface area contributed by atoms with Gasteiger partial charge >= 0.3 is 0 Å². The van der Waals surface area contributed by atoms with Crippen molar-refractivity contribution in [2.75, 3.05) is 13.1 Å². The van der Waals surface area contributed by atoms with Crippen molar-refractivity contribution in [1.82, 2.24) is 14.7 Å². The fraction of sp³-hybridized carbons (Fsp3) is 0.500. The van der Waals surface area contributed by atoms with Gasteiger partial charge in [0.2, 0.25) is 5.91 Å². The monoisotopic (exact) mass is 325 g/mol. The van der Waals surface area contributed by atoms with Gasteiger partial charge in [0.1, 0.15) is 0 Å². The minimum atomic E-state index is 0.295. The van der Waals surface area contributed by atoms with Crippen LogP contribution in [0.5, 0.6) is 0 Å². The Morgan fingerprint density at radius 1 is 1.21 bits per heavy atom. The molecule has 2 heterocycles. The molecule has 0 spiro atoms. The van der Waals surface area contributed by atoms with Crippen LogP contribution in [0.2, 0.25) is 0 Å². The number of carbonyl (C=O) groups excluding carboxylic acids is 1. The summed E-state index contributed by atoms with van der Waals surface area (Å²) in [5.41, 5.74) is 2.54. The van der Waals surface area contributed by atoms with Crippen molar-refractivity contribution in [3.63, 3.8) is 0 Å². The first-order valence-electron chi connectivity index (χ1n) is 9.00. The van der Waals surface area contributed by atoms with Crippen molar-refractivity contribution in [1.29, 1.82) is 0 Å². The second kappa shape index (κ2) is 8.13. The van der Waals surface area contributed by atoms with E-state index in [0.29, 0.717) is 18.2 Å². The molecule has 1 fully saturated rings. The second-order valence-electron chi connectivity index (χ2n) is 6.89. The number of hydrogen-bond acceptors (Lipinski definition) is 2. The van der Waals surface area contributed by atoms with E-state index < -0.39 is 0 Å². The van der Waals surface area contributed by atoms with Gasteiger partial charge in [-0.1, -0.05) is 30.3 Å². The van der Waals surface area contributed by atoms with Crippen LogP contribution in [0.25, 0.3) is 0 Å². The summed E-state index contributed by atoms with van der Waals surface area (Å²) in [7, 11) is 1.91. The average molecular weight is 325 g/mol. The van der Waals surface area contributed by atoms with Gasteiger partial charge in [0.15, 0.2) is 0 Å². The van der Waals surface area contributed by atoms with E-state index in [2.05, 4.69) is 40.3 Å². The molecule has 1 aliphatic heterocycles. The molecule has 1 amide bonds. The molecule has 1 saturated heterocycles. The number of aryl methyl sites for hydroxylation is 3. The van der Waals surface area contributed by atoms with Crippen molar-refractivity contribution in [3.8, 4) is 0 Å². The van der Waals surface area contributed by atoms with E-state index in [1.807, 2.05) is 19.4 Å². The maximum atomic E-state index is 12.5. The van der Waals surface area contributed by atoms with Crippen molar-refractivity contribution in [2.45, 2.75) is 38.5 Å². The van der Waals surface area contributed by atoms with Crippen LogP contribution in [0.4, 0.5) is 0 Å². The predicted octanol–water partition coefficient (Wildman–Crippen LogP) is 3.22. The van der Waals surface area contributed by atoms with Crippen molar-refractivity contribution in [3.05, 3.63) is 53.9 Å². The molecule has 0 bridgehead atoms. The molecule has 4 nitrogen and oxygen atoms in total. The van der Waals surface area contributed by atoms with Gasteiger partial charge in [0, 0.05) is 32.8 Å². The molecule has 1 aromatic heterocycles. The third kappa shape index (κ3) is 4.70. The Morgan fingerprint density at radius 3 is 2.79 bits per heavy atom. The summed E-state index contributed by atoms with van der Waals surface area (Å²) < 4.78 is 1.79. The van der Waals surface area contributed by atoms with Crippen LogP contribution >= 0.6 is 0 Å². The lowest BCUT2D eigenvalue weighted by atomic mass is 9.91. The molecule has 4 heteroatoms. The van der Waals surface area contributed by atoms with Crippen LogP contribution in [0.15, 0.2) is 42.7 Å². The zero-order valence-electron chi connectivity index (χ0n) is 14.5. The third-order valence-corrected chi connectivity index (χ3v) is 4.94. The Bertz CT molecular complexity index is 650. The molecular weight excluding hydrogens is 298 g/mol. The predicted molar refractivity (Wildman–Crippen MR) is 95.6 cm³/mol. The van der Waals surface area contributed by atoms with E-state index in [-0.39, 0.29) is 0 Å². The lowest BCUT2D eigenvalue weighted by molar-refractivity contribution is -0.133. The number of hydrogen-bond donors (Lipinski definition) is 0. The molecule has 0 N–H and O–H groups in total. The van der Waals surface area contributed by atoms with Crippen molar-refractivity contribution in [2.24, 2.45) is 13.0 Å². The fourth-order valence-electron chi connectivity index (χ4n) is 3.55. The molecular formula is C20H27N3O. The first-order chi connectivity index (χ1) is 11.7. The second-order valence-corrected chi connectivity index (χ2v) is 6.89. The zero-order valence-corrected chi connectivity index (χ0v) is 14.5. The number of aromatic nitrogens is 2. The number of carbonyl (C=O) groups is 1. The summed E-state index contributed by atoms with van der Waals surface area (Å²) in [6.07, 6.45) is 9.91. The lowest BCUT2D eigenvalue weighted by Gasteiger charge is -2.33. The summed E-state index contributed by atoms with van der Waals surface area (Å²) in [4.78, 5) is 14.6. The smallest absolute Gasteiger partial charge is 0.222 e. The summed E-state index contributed by atoms with van der Waals surface area (Å²) in [6.45, 7) is 1.85. The van der Waals surface area contributed by atoms with Crippen molar-refractivity contribution < 1.29 is 4.79 Å². The summed E-state index contributed by atoms with van der Waals surface area (Å²) >= 11 is 0. The topological polar surface area (TPSA) is 38.1 Å². The van der Waals surface area contributed by atoms with E-state index in [1.165, 1.54) is 18.4 Å². The van der Waals surface area contributed by atoms with E-state index in [4.69, 9.17) is 0 Å². The van der Waals surface area contributed by atoms with Crippen LogP contribution in [0.1, 0.15) is 36.8 Å². The van der Waals surface area contributed by atoms with Crippen LogP contribution in [-0.4, -0.2) is 33.7 Å². The van der Waals surface area contributed by atoms with E-state index >= 15 is 0 Å². The Kier molecular flexibility index (Phi) is 5.68. The minimum Gasteiger partial charge on any atom is -0.342 e. The number of likely N-dealkylation sites (tertiary alicyclic amines) is 1. The van der Waals surface area contributed by atoms with Gasteiger partial charge < -0.3 is 4.90 Å². The van der Waals surface area contributed by atoms with E-state index in [1.54, 1.807) is 4.68 Å².